The van der Waals surface area contributed by atoms with Crippen LogP contribution in [0.25, 0.3) is 10.3 Å². The molecule has 0 spiro atoms. The number of aliphatic carboxylic acids is 1. The molecule has 7 heteroatoms. The Morgan fingerprint density at radius 1 is 1.63 bits per heavy atom. The first-order valence-corrected chi connectivity index (χ1v) is 6.67. The lowest BCUT2D eigenvalue weighted by Gasteiger charge is -2.19. The van der Waals surface area contributed by atoms with E-state index in [0.717, 1.165) is 11.1 Å². The van der Waals surface area contributed by atoms with Crippen LogP contribution in [0.3, 0.4) is 0 Å². The molecule has 1 aliphatic rings. The fourth-order valence-electron chi connectivity index (χ4n) is 2.24. The van der Waals surface area contributed by atoms with E-state index in [2.05, 4.69) is 9.97 Å². The summed E-state index contributed by atoms with van der Waals surface area (Å²) in [5.74, 6) is -0.817. The highest BCUT2D eigenvalue weighted by Crippen LogP contribution is 2.32. The van der Waals surface area contributed by atoms with Gasteiger partial charge in [0.2, 0.25) is 0 Å². The van der Waals surface area contributed by atoms with Gasteiger partial charge in [-0.15, -0.1) is 0 Å². The first-order chi connectivity index (χ1) is 9.19. The van der Waals surface area contributed by atoms with Crippen LogP contribution in [0.5, 0.6) is 0 Å². The highest BCUT2D eigenvalue weighted by atomic mass is 32.1. The van der Waals surface area contributed by atoms with Gasteiger partial charge in [0.25, 0.3) is 0 Å². The number of rotatable bonds is 2. The van der Waals surface area contributed by atoms with Crippen LogP contribution in [-0.2, 0) is 4.79 Å². The zero-order valence-electron chi connectivity index (χ0n) is 9.91. The summed E-state index contributed by atoms with van der Waals surface area (Å²) in [6.07, 6.45) is 2.97. The van der Waals surface area contributed by atoms with Crippen molar-refractivity contribution < 1.29 is 9.90 Å². The second-order valence-electron chi connectivity index (χ2n) is 4.34. The zero-order chi connectivity index (χ0) is 13.4. The quantitative estimate of drug-likeness (QED) is 0.894. The maximum absolute atomic E-state index is 11.2. The Labute approximate surface area is 112 Å². The Balaban J connectivity index is 2.01. The Hall–Kier alpha value is -2.20. The number of hydrogen-bond acceptors (Lipinski definition) is 6. The van der Waals surface area contributed by atoms with Gasteiger partial charge in [0.1, 0.15) is 12.1 Å². The van der Waals surface area contributed by atoms with Gasteiger partial charge in [0.05, 0.1) is 10.3 Å². The van der Waals surface area contributed by atoms with E-state index in [4.69, 9.17) is 5.26 Å². The minimum Gasteiger partial charge on any atom is -0.480 e. The Morgan fingerprint density at radius 3 is 3.21 bits per heavy atom. The molecule has 1 saturated heterocycles. The van der Waals surface area contributed by atoms with Crippen LogP contribution in [0, 0.1) is 11.3 Å². The summed E-state index contributed by atoms with van der Waals surface area (Å²) in [5.41, 5.74) is 1.05. The van der Waals surface area contributed by atoms with Crippen molar-refractivity contribution in [1.82, 2.24) is 9.97 Å². The van der Waals surface area contributed by atoms with Crippen molar-refractivity contribution in [3.05, 3.63) is 17.8 Å². The fraction of sp³-hybridized carbons (Fsp3) is 0.333. The number of nitriles is 1. The molecule has 0 saturated carbocycles. The van der Waals surface area contributed by atoms with Gasteiger partial charge in [0.15, 0.2) is 10.8 Å². The molecule has 1 unspecified atom stereocenters. The largest absolute Gasteiger partial charge is 0.480 e. The Bertz CT molecular complexity index is 691. The number of hydrogen-bond donors (Lipinski definition) is 1. The van der Waals surface area contributed by atoms with Crippen molar-refractivity contribution in [3.63, 3.8) is 0 Å². The molecule has 0 bridgehead atoms. The van der Waals surface area contributed by atoms with Gasteiger partial charge in [-0.05, 0) is 18.9 Å². The second-order valence-corrected chi connectivity index (χ2v) is 5.35. The Kier molecular flexibility index (Phi) is 2.80. The summed E-state index contributed by atoms with van der Waals surface area (Å²) in [7, 11) is 0. The molecular weight excluding hydrogens is 264 g/mol. The number of thiazole rings is 1. The van der Waals surface area contributed by atoms with Gasteiger partial charge in [-0.1, -0.05) is 11.3 Å². The summed E-state index contributed by atoms with van der Waals surface area (Å²) in [6.45, 7) is 0.696. The predicted molar refractivity (Wildman–Crippen MR) is 70.1 cm³/mol. The van der Waals surface area contributed by atoms with Gasteiger partial charge >= 0.3 is 5.97 Å². The SMILES string of the molecule is N#Cc1cnc2nc(N3CCCC3C(=O)O)sc2c1. The third-order valence-corrected chi connectivity index (χ3v) is 4.18. The van der Waals surface area contributed by atoms with Crippen LogP contribution in [0.2, 0.25) is 0 Å². The van der Waals surface area contributed by atoms with E-state index in [0.29, 0.717) is 29.3 Å². The normalized spacial score (nSPS) is 18.7. The van der Waals surface area contributed by atoms with Crippen LogP contribution >= 0.6 is 11.3 Å². The third-order valence-electron chi connectivity index (χ3n) is 3.15. The van der Waals surface area contributed by atoms with E-state index in [1.165, 1.54) is 17.5 Å². The lowest BCUT2D eigenvalue weighted by Crippen LogP contribution is -2.35. The lowest BCUT2D eigenvalue weighted by molar-refractivity contribution is -0.138. The number of aromatic nitrogens is 2. The molecule has 1 atom stereocenters. The molecule has 2 aromatic heterocycles. The van der Waals surface area contributed by atoms with Crippen molar-refractivity contribution in [3.8, 4) is 6.07 Å². The van der Waals surface area contributed by atoms with Crippen LogP contribution in [-0.4, -0.2) is 33.6 Å². The predicted octanol–water partition coefficient (Wildman–Crippen LogP) is 1.62. The molecule has 19 heavy (non-hydrogen) atoms. The highest BCUT2D eigenvalue weighted by molar-refractivity contribution is 7.22. The van der Waals surface area contributed by atoms with Gasteiger partial charge in [-0.2, -0.15) is 10.2 Å². The summed E-state index contributed by atoms with van der Waals surface area (Å²) in [6, 6.07) is 3.26. The number of anilines is 1. The third kappa shape index (κ3) is 2.00. The number of carboxylic acid groups (broad SMARTS) is 1. The molecule has 2 aromatic rings. The number of carboxylic acids is 1. The number of carbonyl (C=O) groups is 1. The molecule has 0 radical (unpaired) electrons. The van der Waals surface area contributed by atoms with Crippen LogP contribution in [0.4, 0.5) is 5.13 Å². The van der Waals surface area contributed by atoms with Gasteiger partial charge in [-0.3, -0.25) is 0 Å². The van der Waals surface area contributed by atoms with E-state index < -0.39 is 12.0 Å². The van der Waals surface area contributed by atoms with Gasteiger partial charge < -0.3 is 10.0 Å². The molecule has 1 aliphatic heterocycles. The van der Waals surface area contributed by atoms with Gasteiger partial charge in [-0.25, -0.2) is 9.78 Å². The molecule has 0 amide bonds. The van der Waals surface area contributed by atoms with E-state index in [-0.39, 0.29) is 0 Å². The highest BCUT2D eigenvalue weighted by Gasteiger charge is 2.32. The van der Waals surface area contributed by atoms with E-state index in [1.807, 2.05) is 6.07 Å². The maximum Gasteiger partial charge on any atom is 0.326 e. The summed E-state index contributed by atoms with van der Waals surface area (Å²) < 4.78 is 0.810. The molecule has 0 aliphatic carbocycles. The van der Waals surface area contributed by atoms with Crippen LogP contribution in [0.15, 0.2) is 12.3 Å². The average Bonchev–Trinajstić information content (AvgIpc) is 3.03. The second kappa shape index (κ2) is 4.48. The molecule has 6 nitrogen and oxygen atoms in total. The summed E-state index contributed by atoms with van der Waals surface area (Å²) in [4.78, 5) is 21.5. The van der Waals surface area contributed by atoms with E-state index >= 15 is 0 Å². The molecule has 3 heterocycles. The zero-order valence-corrected chi connectivity index (χ0v) is 10.7. The monoisotopic (exact) mass is 274 g/mol. The Morgan fingerprint density at radius 2 is 2.47 bits per heavy atom. The van der Waals surface area contributed by atoms with Crippen molar-refractivity contribution >= 4 is 32.8 Å². The number of nitrogens with zero attached hydrogens (tertiary/aromatic N) is 4. The first kappa shape index (κ1) is 11.9. The average molecular weight is 274 g/mol. The number of fused-ring (bicyclic) bond motifs is 1. The van der Waals surface area contributed by atoms with E-state index in [1.54, 1.807) is 11.0 Å². The molecule has 3 rings (SSSR count). The smallest absolute Gasteiger partial charge is 0.326 e. The molecule has 1 fully saturated rings. The lowest BCUT2D eigenvalue weighted by atomic mass is 10.2. The fourth-order valence-corrected chi connectivity index (χ4v) is 3.28. The minimum atomic E-state index is -0.817. The van der Waals surface area contributed by atoms with Crippen molar-refractivity contribution in [1.29, 1.82) is 5.26 Å². The van der Waals surface area contributed by atoms with Crippen molar-refractivity contribution in [2.45, 2.75) is 18.9 Å². The molecular formula is C12H10N4O2S. The van der Waals surface area contributed by atoms with Crippen LogP contribution < -0.4 is 4.90 Å². The van der Waals surface area contributed by atoms with Crippen molar-refractivity contribution in [2.24, 2.45) is 0 Å². The van der Waals surface area contributed by atoms with Crippen LogP contribution in [0.1, 0.15) is 18.4 Å². The van der Waals surface area contributed by atoms with E-state index in [9.17, 15) is 9.90 Å². The summed E-state index contributed by atoms with van der Waals surface area (Å²) >= 11 is 1.38. The number of pyridine rings is 1. The maximum atomic E-state index is 11.2. The summed E-state index contributed by atoms with van der Waals surface area (Å²) in [5, 5.41) is 18.7. The van der Waals surface area contributed by atoms with Gasteiger partial charge in [0, 0.05) is 12.7 Å². The van der Waals surface area contributed by atoms with Crippen molar-refractivity contribution in [2.75, 3.05) is 11.4 Å². The standard InChI is InChI=1S/C12H10N4O2S/c13-5-7-4-9-10(14-6-7)15-12(19-9)16-3-1-2-8(16)11(17)18/h4,6,8H,1-3H2,(H,17,18). The molecule has 96 valence electrons. The molecule has 0 aromatic carbocycles. The first-order valence-electron chi connectivity index (χ1n) is 5.85. The minimum absolute atomic E-state index is 0.485. The molecule has 1 N–H and O–H groups in total. The topological polar surface area (TPSA) is 90.1 Å².